The van der Waals surface area contributed by atoms with Gasteiger partial charge in [-0.3, -0.25) is 4.68 Å². The molecule has 2 rings (SSSR count). The fourth-order valence-corrected chi connectivity index (χ4v) is 3.00. The minimum absolute atomic E-state index is 0.981. The van der Waals surface area contributed by atoms with Gasteiger partial charge in [-0.05, 0) is 41.8 Å². The van der Waals surface area contributed by atoms with Crippen molar-refractivity contribution in [2.24, 2.45) is 7.05 Å². The summed E-state index contributed by atoms with van der Waals surface area (Å²) in [7, 11) is 2.00. The van der Waals surface area contributed by atoms with E-state index in [0.29, 0.717) is 0 Å². The van der Waals surface area contributed by atoms with Crippen molar-refractivity contribution in [3.63, 3.8) is 0 Å². The molecule has 1 aromatic heterocycles. The molecule has 0 saturated heterocycles. The van der Waals surface area contributed by atoms with Gasteiger partial charge in [0.15, 0.2) is 0 Å². The molecule has 0 spiro atoms. The molecule has 0 saturated carbocycles. The van der Waals surface area contributed by atoms with E-state index in [1.807, 2.05) is 11.7 Å². The predicted molar refractivity (Wildman–Crippen MR) is 75.2 cm³/mol. The van der Waals surface area contributed by atoms with E-state index < -0.39 is 0 Å². The van der Waals surface area contributed by atoms with E-state index in [-0.39, 0.29) is 0 Å². The molecule has 0 atom stereocenters. The number of rotatable bonds is 2. The first-order chi connectivity index (χ1) is 8.04. The first-order valence-electron chi connectivity index (χ1n) is 5.83. The standard InChI is InChI=1S/C14H17BrN2/c1-5-12-13(15)14(16-17(12)4)11-7-6-9(2)8-10(11)3/h6-8H,5H2,1-4H3. The topological polar surface area (TPSA) is 17.8 Å². The smallest absolute Gasteiger partial charge is 0.107 e. The number of hydrogen-bond donors (Lipinski definition) is 0. The fourth-order valence-electron chi connectivity index (χ4n) is 2.17. The van der Waals surface area contributed by atoms with E-state index in [2.05, 4.69) is 60.0 Å². The molecular formula is C14H17BrN2. The van der Waals surface area contributed by atoms with Gasteiger partial charge in [-0.25, -0.2) is 0 Å². The SMILES string of the molecule is CCc1c(Br)c(-c2ccc(C)cc2C)nn1C. The third-order valence-corrected chi connectivity index (χ3v) is 3.91. The van der Waals surface area contributed by atoms with Gasteiger partial charge < -0.3 is 0 Å². The van der Waals surface area contributed by atoms with Crippen LogP contribution in [-0.2, 0) is 13.5 Å². The van der Waals surface area contributed by atoms with Crippen molar-refractivity contribution in [1.29, 1.82) is 0 Å². The Bertz CT molecular complexity index is 556. The molecule has 0 aliphatic carbocycles. The van der Waals surface area contributed by atoms with E-state index >= 15 is 0 Å². The van der Waals surface area contributed by atoms with Crippen LogP contribution in [0.2, 0.25) is 0 Å². The maximum Gasteiger partial charge on any atom is 0.107 e. The number of nitrogens with zero attached hydrogens (tertiary/aromatic N) is 2. The molecule has 90 valence electrons. The molecule has 17 heavy (non-hydrogen) atoms. The highest BCUT2D eigenvalue weighted by atomic mass is 79.9. The summed E-state index contributed by atoms with van der Waals surface area (Å²) in [5, 5.41) is 4.61. The highest BCUT2D eigenvalue weighted by molar-refractivity contribution is 9.10. The molecule has 0 N–H and O–H groups in total. The van der Waals surface area contributed by atoms with Crippen molar-refractivity contribution in [3.8, 4) is 11.3 Å². The van der Waals surface area contributed by atoms with E-state index in [1.165, 1.54) is 22.4 Å². The van der Waals surface area contributed by atoms with Gasteiger partial charge in [0.1, 0.15) is 5.69 Å². The van der Waals surface area contributed by atoms with Gasteiger partial charge in [0.05, 0.1) is 10.2 Å². The Morgan fingerprint density at radius 3 is 2.53 bits per heavy atom. The van der Waals surface area contributed by atoms with Crippen LogP contribution in [0.15, 0.2) is 22.7 Å². The number of aromatic nitrogens is 2. The van der Waals surface area contributed by atoms with Crippen molar-refractivity contribution in [2.75, 3.05) is 0 Å². The van der Waals surface area contributed by atoms with Gasteiger partial charge in [0.2, 0.25) is 0 Å². The molecule has 3 heteroatoms. The minimum Gasteiger partial charge on any atom is -0.271 e. The van der Waals surface area contributed by atoms with Crippen LogP contribution in [0.1, 0.15) is 23.7 Å². The fraction of sp³-hybridized carbons (Fsp3) is 0.357. The zero-order chi connectivity index (χ0) is 12.6. The Hall–Kier alpha value is -1.09. The average Bonchev–Trinajstić information content (AvgIpc) is 2.54. The lowest BCUT2D eigenvalue weighted by atomic mass is 10.0. The Labute approximate surface area is 111 Å². The lowest BCUT2D eigenvalue weighted by molar-refractivity contribution is 0.719. The summed E-state index contributed by atoms with van der Waals surface area (Å²) in [6, 6.07) is 6.48. The van der Waals surface area contributed by atoms with Crippen LogP contribution in [0.3, 0.4) is 0 Å². The number of halogens is 1. The lowest BCUT2D eigenvalue weighted by Gasteiger charge is -2.04. The Balaban J connectivity index is 2.61. The molecule has 2 nitrogen and oxygen atoms in total. The molecule has 0 unspecified atom stereocenters. The molecule has 1 aromatic carbocycles. The monoisotopic (exact) mass is 292 g/mol. The van der Waals surface area contributed by atoms with Crippen molar-refractivity contribution in [1.82, 2.24) is 9.78 Å². The van der Waals surface area contributed by atoms with Crippen LogP contribution in [0.25, 0.3) is 11.3 Å². The van der Waals surface area contributed by atoms with E-state index in [4.69, 9.17) is 0 Å². The van der Waals surface area contributed by atoms with Gasteiger partial charge >= 0.3 is 0 Å². The molecule has 0 amide bonds. The van der Waals surface area contributed by atoms with Crippen LogP contribution in [-0.4, -0.2) is 9.78 Å². The number of hydrogen-bond acceptors (Lipinski definition) is 1. The van der Waals surface area contributed by atoms with Crippen LogP contribution in [0.5, 0.6) is 0 Å². The highest BCUT2D eigenvalue weighted by Gasteiger charge is 2.15. The number of aryl methyl sites for hydroxylation is 3. The molecule has 0 aliphatic rings. The summed E-state index contributed by atoms with van der Waals surface area (Å²) >= 11 is 3.67. The molecule has 0 radical (unpaired) electrons. The second-order valence-electron chi connectivity index (χ2n) is 4.40. The van der Waals surface area contributed by atoms with E-state index in [0.717, 1.165) is 16.6 Å². The maximum absolute atomic E-state index is 4.61. The highest BCUT2D eigenvalue weighted by Crippen LogP contribution is 2.32. The third kappa shape index (κ3) is 2.16. The minimum atomic E-state index is 0.981. The maximum atomic E-state index is 4.61. The Kier molecular flexibility index (Phi) is 3.38. The van der Waals surface area contributed by atoms with Gasteiger partial charge in [0.25, 0.3) is 0 Å². The third-order valence-electron chi connectivity index (χ3n) is 3.07. The first kappa shape index (κ1) is 12.4. The van der Waals surface area contributed by atoms with Crippen molar-refractivity contribution >= 4 is 15.9 Å². The summed E-state index contributed by atoms with van der Waals surface area (Å²) in [4.78, 5) is 0. The second-order valence-corrected chi connectivity index (χ2v) is 5.20. The van der Waals surface area contributed by atoms with E-state index in [9.17, 15) is 0 Å². The van der Waals surface area contributed by atoms with Gasteiger partial charge in [0, 0.05) is 12.6 Å². The summed E-state index contributed by atoms with van der Waals surface area (Å²) in [5.74, 6) is 0. The largest absolute Gasteiger partial charge is 0.271 e. The van der Waals surface area contributed by atoms with Crippen LogP contribution in [0, 0.1) is 13.8 Å². The molecule has 0 fully saturated rings. The molecule has 0 aliphatic heterocycles. The Morgan fingerprint density at radius 2 is 2.00 bits per heavy atom. The molecule has 2 aromatic rings. The van der Waals surface area contributed by atoms with Crippen molar-refractivity contribution in [2.45, 2.75) is 27.2 Å². The molecular weight excluding hydrogens is 276 g/mol. The zero-order valence-corrected chi connectivity index (χ0v) is 12.3. The van der Waals surface area contributed by atoms with Gasteiger partial charge in [-0.1, -0.05) is 30.7 Å². The second kappa shape index (κ2) is 4.65. The van der Waals surface area contributed by atoms with Crippen LogP contribution in [0.4, 0.5) is 0 Å². The first-order valence-corrected chi connectivity index (χ1v) is 6.63. The number of benzene rings is 1. The van der Waals surface area contributed by atoms with Gasteiger partial charge in [-0.15, -0.1) is 0 Å². The Morgan fingerprint density at radius 1 is 1.29 bits per heavy atom. The van der Waals surface area contributed by atoms with Crippen molar-refractivity contribution < 1.29 is 0 Å². The lowest BCUT2D eigenvalue weighted by Crippen LogP contribution is -1.96. The summed E-state index contributed by atoms with van der Waals surface area (Å²) in [6.45, 7) is 6.39. The summed E-state index contributed by atoms with van der Waals surface area (Å²) in [5.41, 5.74) is 6.04. The predicted octanol–water partition coefficient (Wildman–Crippen LogP) is 4.03. The summed E-state index contributed by atoms with van der Waals surface area (Å²) in [6.07, 6.45) is 0.981. The normalized spacial score (nSPS) is 10.9. The van der Waals surface area contributed by atoms with Gasteiger partial charge in [-0.2, -0.15) is 5.10 Å². The summed E-state index contributed by atoms with van der Waals surface area (Å²) < 4.78 is 3.08. The average molecular weight is 293 g/mol. The quantitative estimate of drug-likeness (QED) is 0.817. The van der Waals surface area contributed by atoms with Crippen molar-refractivity contribution in [3.05, 3.63) is 39.5 Å². The zero-order valence-electron chi connectivity index (χ0n) is 10.7. The van der Waals surface area contributed by atoms with E-state index in [1.54, 1.807) is 0 Å². The molecule has 0 bridgehead atoms. The van der Waals surface area contributed by atoms with Crippen LogP contribution < -0.4 is 0 Å². The molecule has 1 heterocycles. The van der Waals surface area contributed by atoms with Crippen LogP contribution >= 0.6 is 15.9 Å².